The Hall–Kier alpha value is -2.04. The van der Waals surface area contributed by atoms with Crippen LogP contribution in [-0.2, 0) is 16.0 Å². The van der Waals surface area contributed by atoms with E-state index < -0.39 is 0 Å². The van der Waals surface area contributed by atoms with E-state index in [1.165, 1.54) is 0 Å². The summed E-state index contributed by atoms with van der Waals surface area (Å²) in [7, 11) is 0. The van der Waals surface area contributed by atoms with Crippen LogP contribution < -0.4 is 4.90 Å². The van der Waals surface area contributed by atoms with Crippen molar-refractivity contribution >= 4 is 40.7 Å². The lowest BCUT2D eigenvalue weighted by atomic mass is 10.1. The van der Waals surface area contributed by atoms with Crippen molar-refractivity contribution in [1.29, 1.82) is 0 Å². The average molecular weight is 363 g/mol. The highest BCUT2D eigenvalue weighted by molar-refractivity contribution is 6.31. The molecule has 0 N–H and O–H groups in total. The highest BCUT2D eigenvalue weighted by Gasteiger charge is 2.28. The monoisotopic (exact) mass is 362 g/mol. The maximum Gasteiger partial charge on any atom is 0.246 e. The molecule has 0 atom stereocenters. The van der Waals surface area contributed by atoms with Gasteiger partial charge in [-0.25, -0.2) is 0 Å². The second kappa shape index (κ2) is 7.24. The van der Waals surface area contributed by atoms with Gasteiger partial charge in [0.15, 0.2) is 0 Å². The fourth-order valence-electron chi connectivity index (χ4n) is 2.74. The van der Waals surface area contributed by atoms with Gasteiger partial charge in [0.25, 0.3) is 0 Å². The van der Waals surface area contributed by atoms with Crippen LogP contribution in [0.15, 0.2) is 48.5 Å². The maximum absolute atomic E-state index is 12.4. The van der Waals surface area contributed by atoms with Crippen LogP contribution in [-0.4, -0.2) is 36.3 Å². The normalized spacial score (nSPS) is 14.8. The summed E-state index contributed by atoms with van der Waals surface area (Å²) in [4.78, 5) is 28.1. The molecule has 0 radical (unpaired) electrons. The largest absolute Gasteiger partial charge is 0.331 e. The molecule has 1 heterocycles. The smallest absolute Gasteiger partial charge is 0.246 e. The fourth-order valence-corrected chi connectivity index (χ4v) is 3.13. The van der Waals surface area contributed by atoms with Crippen LogP contribution >= 0.6 is 23.2 Å². The topological polar surface area (TPSA) is 40.6 Å². The molecule has 4 nitrogen and oxygen atoms in total. The summed E-state index contributed by atoms with van der Waals surface area (Å²) in [6.45, 7) is 1.03. The summed E-state index contributed by atoms with van der Waals surface area (Å²) in [5.74, 6) is -0.181. The second-order valence-electron chi connectivity index (χ2n) is 5.65. The summed E-state index contributed by atoms with van der Waals surface area (Å²) < 4.78 is 0. The number of amides is 2. The van der Waals surface area contributed by atoms with Gasteiger partial charge in [-0.3, -0.25) is 9.59 Å². The van der Waals surface area contributed by atoms with E-state index in [0.29, 0.717) is 23.1 Å². The van der Waals surface area contributed by atoms with Gasteiger partial charge < -0.3 is 9.80 Å². The molecule has 2 amide bonds. The number of nitrogens with zero attached hydrogens (tertiary/aromatic N) is 2. The lowest BCUT2D eigenvalue weighted by molar-refractivity contribution is -0.136. The van der Waals surface area contributed by atoms with Gasteiger partial charge >= 0.3 is 0 Å². The van der Waals surface area contributed by atoms with E-state index >= 15 is 0 Å². The Balaban J connectivity index is 1.64. The van der Waals surface area contributed by atoms with Crippen molar-refractivity contribution in [2.75, 3.05) is 24.5 Å². The molecule has 0 aromatic heterocycles. The second-order valence-corrected chi connectivity index (χ2v) is 6.52. The molecule has 1 fully saturated rings. The molecule has 124 valence electrons. The van der Waals surface area contributed by atoms with E-state index in [4.69, 9.17) is 23.2 Å². The van der Waals surface area contributed by atoms with Crippen LogP contribution in [0.5, 0.6) is 0 Å². The maximum atomic E-state index is 12.4. The standard InChI is InChI=1S/C18H16Cl2N2O2/c19-14-4-1-3-13(9-14)10-17(23)21-7-8-22(18(24)12-21)16-6-2-5-15(20)11-16/h1-6,9,11H,7-8,10,12H2. The van der Waals surface area contributed by atoms with Gasteiger partial charge in [-0.2, -0.15) is 0 Å². The number of hydrogen-bond acceptors (Lipinski definition) is 2. The molecule has 0 bridgehead atoms. The molecule has 0 unspecified atom stereocenters. The van der Waals surface area contributed by atoms with Crippen molar-refractivity contribution in [3.63, 3.8) is 0 Å². The Kier molecular flexibility index (Phi) is 5.07. The van der Waals surface area contributed by atoms with Crippen LogP contribution in [0.25, 0.3) is 0 Å². The first kappa shape index (κ1) is 16.8. The Bertz CT molecular complexity index is 777. The first-order valence-electron chi connectivity index (χ1n) is 7.61. The number of carbonyl (C=O) groups is 2. The molecule has 1 saturated heterocycles. The molecule has 0 saturated carbocycles. The van der Waals surface area contributed by atoms with Crippen LogP contribution in [0.3, 0.4) is 0 Å². The van der Waals surface area contributed by atoms with Gasteiger partial charge in [0.2, 0.25) is 11.8 Å². The molecule has 2 aromatic carbocycles. The van der Waals surface area contributed by atoms with Crippen molar-refractivity contribution in [3.05, 3.63) is 64.1 Å². The number of benzene rings is 2. The number of carbonyl (C=O) groups excluding carboxylic acids is 2. The Morgan fingerprint density at radius 3 is 2.38 bits per heavy atom. The number of anilines is 1. The van der Waals surface area contributed by atoms with Gasteiger partial charge in [-0.05, 0) is 35.9 Å². The minimum atomic E-state index is -0.108. The van der Waals surface area contributed by atoms with E-state index in [2.05, 4.69) is 0 Å². The molecular weight excluding hydrogens is 347 g/mol. The quantitative estimate of drug-likeness (QED) is 0.839. The van der Waals surface area contributed by atoms with Crippen molar-refractivity contribution in [2.45, 2.75) is 6.42 Å². The number of piperazine rings is 1. The summed E-state index contributed by atoms with van der Waals surface area (Å²) in [6, 6.07) is 14.4. The molecule has 0 spiro atoms. The highest BCUT2D eigenvalue weighted by atomic mass is 35.5. The minimum absolute atomic E-state index is 0.0728. The molecule has 3 rings (SSSR count). The predicted molar refractivity (Wildman–Crippen MR) is 95.5 cm³/mol. The number of halogens is 2. The third kappa shape index (κ3) is 3.89. The van der Waals surface area contributed by atoms with E-state index in [9.17, 15) is 9.59 Å². The Morgan fingerprint density at radius 2 is 1.71 bits per heavy atom. The third-order valence-electron chi connectivity index (χ3n) is 3.94. The van der Waals surface area contributed by atoms with E-state index in [1.807, 2.05) is 24.3 Å². The van der Waals surface area contributed by atoms with Crippen LogP contribution in [0, 0.1) is 0 Å². The first-order valence-corrected chi connectivity index (χ1v) is 8.37. The van der Waals surface area contributed by atoms with E-state index in [1.54, 1.807) is 34.1 Å². The van der Waals surface area contributed by atoms with Gasteiger partial charge in [0.1, 0.15) is 6.54 Å². The summed E-state index contributed by atoms with van der Waals surface area (Å²) >= 11 is 11.9. The molecule has 1 aliphatic rings. The van der Waals surface area contributed by atoms with Gasteiger partial charge in [0.05, 0.1) is 6.42 Å². The van der Waals surface area contributed by atoms with E-state index in [-0.39, 0.29) is 24.8 Å². The zero-order valence-corrected chi connectivity index (χ0v) is 14.4. The predicted octanol–water partition coefficient (Wildman–Crippen LogP) is 3.41. The fraction of sp³-hybridized carbons (Fsp3) is 0.222. The molecule has 6 heteroatoms. The van der Waals surface area contributed by atoms with Crippen molar-refractivity contribution < 1.29 is 9.59 Å². The molecule has 0 aliphatic carbocycles. The third-order valence-corrected chi connectivity index (χ3v) is 4.41. The zero-order valence-electron chi connectivity index (χ0n) is 12.9. The lowest BCUT2D eigenvalue weighted by Crippen LogP contribution is -2.52. The van der Waals surface area contributed by atoms with Crippen LogP contribution in [0.1, 0.15) is 5.56 Å². The first-order chi connectivity index (χ1) is 11.5. The van der Waals surface area contributed by atoms with Crippen molar-refractivity contribution in [3.8, 4) is 0 Å². The van der Waals surface area contributed by atoms with Gasteiger partial charge in [-0.1, -0.05) is 41.4 Å². The summed E-state index contributed by atoms with van der Waals surface area (Å²) in [5.41, 5.74) is 1.60. The molecular formula is C18H16Cl2N2O2. The molecule has 2 aromatic rings. The van der Waals surface area contributed by atoms with Gasteiger partial charge in [0, 0.05) is 28.8 Å². The molecule has 1 aliphatic heterocycles. The van der Waals surface area contributed by atoms with Crippen molar-refractivity contribution in [2.24, 2.45) is 0 Å². The summed E-state index contributed by atoms with van der Waals surface area (Å²) in [5, 5.41) is 1.18. The van der Waals surface area contributed by atoms with E-state index in [0.717, 1.165) is 11.3 Å². The zero-order chi connectivity index (χ0) is 17.1. The van der Waals surface area contributed by atoms with Gasteiger partial charge in [-0.15, -0.1) is 0 Å². The van der Waals surface area contributed by atoms with Crippen LogP contribution in [0.2, 0.25) is 10.0 Å². The van der Waals surface area contributed by atoms with Crippen molar-refractivity contribution in [1.82, 2.24) is 4.90 Å². The number of hydrogen-bond donors (Lipinski definition) is 0. The number of rotatable bonds is 3. The highest BCUT2D eigenvalue weighted by Crippen LogP contribution is 2.22. The summed E-state index contributed by atoms with van der Waals surface area (Å²) in [6.07, 6.45) is 0.241. The van der Waals surface area contributed by atoms with Crippen LogP contribution in [0.4, 0.5) is 5.69 Å². The SMILES string of the molecule is O=C(Cc1cccc(Cl)c1)N1CCN(c2cccc(Cl)c2)C(=O)C1. The molecule has 24 heavy (non-hydrogen) atoms. The lowest BCUT2D eigenvalue weighted by Gasteiger charge is -2.34. The average Bonchev–Trinajstić information content (AvgIpc) is 2.54. The minimum Gasteiger partial charge on any atom is -0.331 e. The Morgan fingerprint density at radius 1 is 1.00 bits per heavy atom. The Labute approximate surface area is 150 Å².